The highest BCUT2D eigenvalue weighted by Gasteiger charge is 2.22. The van der Waals surface area contributed by atoms with Gasteiger partial charge in [0, 0.05) is 46.7 Å². The number of benzene rings is 1. The van der Waals surface area contributed by atoms with Gasteiger partial charge < -0.3 is 4.90 Å². The number of thiophene rings is 1. The van der Waals surface area contributed by atoms with Gasteiger partial charge in [0.2, 0.25) is 0 Å². The van der Waals surface area contributed by atoms with Crippen LogP contribution in [0.15, 0.2) is 35.7 Å². The molecule has 0 N–H and O–H groups in total. The maximum absolute atomic E-state index is 12.6. The molecule has 1 fully saturated rings. The molecule has 0 saturated carbocycles. The fraction of sp³-hybridized carbons (Fsp3) is 0.353. The Labute approximate surface area is 159 Å². The maximum Gasteiger partial charge on any atom is 0.253 e. The molecular formula is C17H18ClIN2OS. The number of rotatable bonds is 4. The van der Waals surface area contributed by atoms with Crippen LogP contribution in [0.5, 0.6) is 0 Å². The predicted octanol–water partition coefficient (Wildman–Crippen LogP) is 4.01. The Morgan fingerprint density at radius 3 is 2.65 bits per heavy atom. The first kappa shape index (κ1) is 17.2. The van der Waals surface area contributed by atoms with Crippen LogP contribution in [0.25, 0.3) is 0 Å². The number of piperazine rings is 1. The van der Waals surface area contributed by atoms with Gasteiger partial charge in [-0.1, -0.05) is 17.7 Å². The highest BCUT2D eigenvalue weighted by molar-refractivity contribution is 14.1. The second-order valence-corrected chi connectivity index (χ2v) is 8.19. The lowest BCUT2D eigenvalue weighted by molar-refractivity contribution is 0.0638. The first-order valence-electron chi connectivity index (χ1n) is 7.62. The van der Waals surface area contributed by atoms with Gasteiger partial charge in [-0.05, 0) is 58.7 Å². The van der Waals surface area contributed by atoms with Crippen LogP contribution in [-0.4, -0.2) is 48.4 Å². The Kier molecular flexibility index (Phi) is 5.96. The summed E-state index contributed by atoms with van der Waals surface area (Å²) in [5.74, 6) is 0.109. The van der Waals surface area contributed by atoms with E-state index in [-0.39, 0.29) is 5.91 Å². The first-order valence-corrected chi connectivity index (χ1v) is 9.96. The van der Waals surface area contributed by atoms with E-state index in [2.05, 4.69) is 45.0 Å². The van der Waals surface area contributed by atoms with Crippen LogP contribution in [-0.2, 0) is 6.42 Å². The Morgan fingerprint density at radius 1 is 1.22 bits per heavy atom. The molecule has 2 heterocycles. The molecule has 0 atom stereocenters. The van der Waals surface area contributed by atoms with Crippen LogP contribution in [0.4, 0.5) is 0 Å². The molecule has 1 aromatic heterocycles. The molecule has 1 aliphatic rings. The molecule has 2 aromatic rings. The number of carbonyl (C=O) groups excluding carboxylic acids is 1. The summed E-state index contributed by atoms with van der Waals surface area (Å²) in [4.78, 5) is 18.4. The minimum Gasteiger partial charge on any atom is -0.336 e. The average Bonchev–Trinajstić information content (AvgIpc) is 3.09. The molecule has 0 spiro atoms. The van der Waals surface area contributed by atoms with E-state index < -0.39 is 0 Å². The number of amides is 1. The Balaban J connectivity index is 1.51. The van der Waals surface area contributed by atoms with Crippen LogP contribution in [0.2, 0.25) is 5.02 Å². The molecule has 3 nitrogen and oxygen atoms in total. The highest BCUT2D eigenvalue weighted by Crippen LogP contribution is 2.20. The summed E-state index contributed by atoms with van der Waals surface area (Å²) in [6, 6.07) is 9.77. The van der Waals surface area contributed by atoms with Crippen molar-refractivity contribution in [3.05, 3.63) is 54.7 Å². The zero-order valence-electron chi connectivity index (χ0n) is 12.7. The average molecular weight is 461 g/mol. The van der Waals surface area contributed by atoms with Crippen molar-refractivity contribution in [2.24, 2.45) is 0 Å². The maximum atomic E-state index is 12.6. The zero-order chi connectivity index (χ0) is 16.2. The molecule has 0 bridgehead atoms. The summed E-state index contributed by atoms with van der Waals surface area (Å²) >= 11 is 10.0. The molecule has 122 valence electrons. The molecular weight excluding hydrogens is 443 g/mol. The van der Waals surface area contributed by atoms with Gasteiger partial charge in [-0.3, -0.25) is 9.69 Å². The highest BCUT2D eigenvalue weighted by atomic mass is 127. The van der Waals surface area contributed by atoms with Crippen molar-refractivity contribution in [1.82, 2.24) is 9.80 Å². The van der Waals surface area contributed by atoms with E-state index in [0.29, 0.717) is 5.02 Å². The van der Waals surface area contributed by atoms with Gasteiger partial charge in [0.25, 0.3) is 5.91 Å². The smallest absolute Gasteiger partial charge is 0.253 e. The molecule has 23 heavy (non-hydrogen) atoms. The topological polar surface area (TPSA) is 23.6 Å². The van der Waals surface area contributed by atoms with Crippen molar-refractivity contribution in [3.8, 4) is 0 Å². The van der Waals surface area contributed by atoms with E-state index in [1.807, 2.05) is 28.4 Å². The number of carbonyl (C=O) groups is 1. The van der Waals surface area contributed by atoms with E-state index in [0.717, 1.165) is 48.3 Å². The third-order valence-electron chi connectivity index (χ3n) is 4.08. The second kappa shape index (κ2) is 7.96. The van der Waals surface area contributed by atoms with Crippen LogP contribution < -0.4 is 0 Å². The van der Waals surface area contributed by atoms with E-state index >= 15 is 0 Å². The van der Waals surface area contributed by atoms with E-state index in [1.54, 1.807) is 6.07 Å². The summed E-state index contributed by atoms with van der Waals surface area (Å²) in [6.07, 6.45) is 1.10. The van der Waals surface area contributed by atoms with Crippen LogP contribution in [0, 0.1) is 3.57 Å². The van der Waals surface area contributed by atoms with Crippen LogP contribution >= 0.6 is 45.5 Å². The SMILES string of the molecule is O=C(c1ccc(Cl)c(I)c1)N1CCN(CCc2cccs2)CC1. The fourth-order valence-electron chi connectivity index (χ4n) is 2.71. The van der Waals surface area contributed by atoms with Gasteiger partial charge in [-0.25, -0.2) is 0 Å². The van der Waals surface area contributed by atoms with Crippen molar-refractivity contribution in [3.63, 3.8) is 0 Å². The number of hydrogen-bond acceptors (Lipinski definition) is 3. The number of hydrogen-bond donors (Lipinski definition) is 0. The van der Waals surface area contributed by atoms with Gasteiger partial charge in [-0.15, -0.1) is 11.3 Å². The molecule has 1 saturated heterocycles. The minimum atomic E-state index is 0.109. The molecule has 0 radical (unpaired) electrons. The molecule has 1 aromatic carbocycles. The Morgan fingerprint density at radius 2 is 2.00 bits per heavy atom. The lowest BCUT2D eigenvalue weighted by atomic mass is 10.2. The third kappa shape index (κ3) is 4.47. The summed E-state index contributed by atoms with van der Waals surface area (Å²) in [5.41, 5.74) is 0.728. The molecule has 6 heteroatoms. The predicted molar refractivity (Wildman–Crippen MR) is 105 cm³/mol. The number of halogens is 2. The largest absolute Gasteiger partial charge is 0.336 e. The van der Waals surface area contributed by atoms with Crippen molar-refractivity contribution in [2.75, 3.05) is 32.7 Å². The lowest BCUT2D eigenvalue weighted by Crippen LogP contribution is -2.49. The Bertz CT molecular complexity index is 669. The summed E-state index contributed by atoms with van der Waals surface area (Å²) in [5, 5.41) is 2.82. The molecule has 1 aliphatic heterocycles. The number of nitrogens with zero attached hydrogens (tertiary/aromatic N) is 2. The van der Waals surface area contributed by atoms with Gasteiger partial charge >= 0.3 is 0 Å². The minimum absolute atomic E-state index is 0.109. The van der Waals surface area contributed by atoms with Crippen LogP contribution in [0.1, 0.15) is 15.2 Å². The summed E-state index contributed by atoms with van der Waals surface area (Å²) in [6.45, 7) is 4.55. The first-order chi connectivity index (χ1) is 11.1. The molecule has 0 aliphatic carbocycles. The van der Waals surface area contributed by atoms with E-state index in [9.17, 15) is 4.79 Å². The summed E-state index contributed by atoms with van der Waals surface area (Å²) in [7, 11) is 0. The van der Waals surface area contributed by atoms with E-state index in [1.165, 1.54) is 4.88 Å². The van der Waals surface area contributed by atoms with E-state index in [4.69, 9.17) is 11.6 Å². The van der Waals surface area contributed by atoms with Gasteiger partial charge in [-0.2, -0.15) is 0 Å². The van der Waals surface area contributed by atoms with Crippen molar-refractivity contribution in [1.29, 1.82) is 0 Å². The zero-order valence-corrected chi connectivity index (χ0v) is 16.4. The van der Waals surface area contributed by atoms with Gasteiger partial charge in [0.1, 0.15) is 0 Å². The van der Waals surface area contributed by atoms with Gasteiger partial charge in [0.15, 0.2) is 0 Å². The van der Waals surface area contributed by atoms with Crippen molar-refractivity contribution < 1.29 is 4.79 Å². The monoisotopic (exact) mass is 460 g/mol. The molecule has 3 rings (SSSR count). The normalized spacial score (nSPS) is 15.8. The van der Waals surface area contributed by atoms with Gasteiger partial charge in [0.05, 0.1) is 5.02 Å². The van der Waals surface area contributed by atoms with Crippen LogP contribution in [0.3, 0.4) is 0 Å². The quantitative estimate of drug-likeness (QED) is 0.644. The summed E-state index contributed by atoms with van der Waals surface area (Å²) < 4.78 is 0.921. The third-order valence-corrected chi connectivity index (χ3v) is 6.56. The fourth-order valence-corrected chi connectivity index (χ4v) is 4.04. The Hall–Kier alpha value is -0.630. The second-order valence-electron chi connectivity index (χ2n) is 5.59. The van der Waals surface area contributed by atoms with Crippen molar-refractivity contribution in [2.45, 2.75) is 6.42 Å². The molecule has 1 amide bonds. The standard InChI is InChI=1S/C17H18ClIN2OS/c18-15-4-3-13(12-16(15)19)17(22)21-9-7-20(8-10-21)6-5-14-2-1-11-23-14/h1-4,11-12H,5-10H2. The van der Waals surface area contributed by atoms with Crippen molar-refractivity contribution >= 4 is 51.4 Å². The molecule has 0 unspecified atom stereocenters. The lowest BCUT2D eigenvalue weighted by Gasteiger charge is -2.34.